The maximum absolute atomic E-state index is 12.0. The van der Waals surface area contributed by atoms with Gasteiger partial charge < -0.3 is 10.0 Å². The Labute approximate surface area is 127 Å². The lowest BCUT2D eigenvalue weighted by Crippen LogP contribution is -2.24. The third-order valence-electron chi connectivity index (χ3n) is 2.96. The first-order valence-electron chi connectivity index (χ1n) is 6.34. The van der Waals surface area contributed by atoms with Crippen LogP contribution >= 0.6 is 11.3 Å². The Morgan fingerprint density at radius 2 is 1.95 bits per heavy atom. The summed E-state index contributed by atoms with van der Waals surface area (Å²) < 4.78 is 0. The molecule has 0 saturated carbocycles. The molecule has 0 atom stereocenters. The quantitative estimate of drug-likeness (QED) is 0.863. The highest BCUT2D eigenvalue weighted by molar-refractivity contribution is 7.08. The number of thiophene rings is 1. The summed E-state index contributed by atoms with van der Waals surface area (Å²) in [7, 11) is 1.71. The Morgan fingerprint density at radius 3 is 2.52 bits per heavy atom. The van der Waals surface area contributed by atoms with Gasteiger partial charge in [-0.15, -0.1) is 0 Å². The van der Waals surface area contributed by atoms with Gasteiger partial charge in [0.15, 0.2) is 0 Å². The van der Waals surface area contributed by atoms with E-state index in [-0.39, 0.29) is 11.5 Å². The summed E-state index contributed by atoms with van der Waals surface area (Å²) in [5.74, 6) is -1.05. The van der Waals surface area contributed by atoms with Gasteiger partial charge in [-0.1, -0.05) is 12.1 Å². The molecule has 1 heterocycles. The number of nitrogens with zero attached hydrogens (tertiary/aromatic N) is 1. The van der Waals surface area contributed by atoms with Crippen LogP contribution in [-0.2, 0) is 11.3 Å². The number of aromatic carboxylic acids is 1. The molecule has 0 unspecified atom stereocenters. The smallest absolute Gasteiger partial charge is 0.335 e. The lowest BCUT2D eigenvalue weighted by atomic mass is 10.1. The number of amides is 1. The molecular formula is C16H15NO3S. The Balaban J connectivity index is 1.95. The van der Waals surface area contributed by atoms with Crippen molar-refractivity contribution in [1.82, 2.24) is 4.90 Å². The lowest BCUT2D eigenvalue weighted by molar-refractivity contribution is -0.125. The number of benzene rings is 1. The summed E-state index contributed by atoms with van der Waals surface area (Å²) in [6.45, 7) is 0.437. The van der Waals surface area contributed by atoms with Crippen molar-refractivity contribution in [3.8, 4) is 0 Å². The molecule has 0 spiro atoms. The molecule has 1 amide bonds. The number of rotatable bonds is 5. The molecule has 0 fully saturated rings. The second-order valence-corrected chi connectivity index (χ2v) is 5.37. The van der Waals surface area contributed by atoms with Crippen molar-refractivity contribution in [2.45, 2.75) is 6.54 Å². The van der Waals surface area contributed by atoms with Crippen LogP contribution < -0.4 is 0 Å². The van der Waals surface area contributed by atoms with Crippen molar-refractivity contribution in [2.24, 2.45) is 0 Å². The van der Waals surface area contributed by atoms with Crippen LogP contribution in [0.4, 0.5) is 0 Å². The average Bonchev–Trinajstić information content (AvgIpc) is 2.98. The topological polar surface area (TPSA) is 57.6 Å². The fourth-order valence-corrected chi connectivity index (χ4v) is 2.40. The standard InChI is InChI=1S/C16H15NO3S/c1-17(15(18)7-4-13-8-9-21-11-13)10-12-2-5-14(6-3-12)16(19)20/h2-9,11H,10H2,1H3,(H,19,20). The average molecular weight is 301 g/mol. The summed E-state index contributed by atoms with van der Waals surface area (Å²) in [5.41, 5.74) is 2.14. The van der Waals surface area contributed by atoms with E-state index in [9.17, 15) is 9.59 Å². The van der Waals surface area contributed by atoms with Gasteiger partial charge in [0, 0.05) is 19.7 Å². The molecule has 1 N–H and O–H groups in total. The van der Waals surface area contributed by atoms with E-state index < -0.39 is 5.97 Å². The first-order chi connectivity index (χ1) is 10.1. The van der Waals surface area contributed by atoms with Gasteiger partial charge in [0.05, 0.1) is 5.56 Å². The van der Waals surface area contributed by atoms with E-state index in [2.05, 4.69) is 0 Å². The zero-order valence-corrected chi connectivity index (χ0v) is 12.3. The number of hydrogen-bond acceptors (Lipinski definition) is 3. The van der Waals surface area contributed by atoms with E-state index in [1.54, 1.807) is 41.5 Å². The van der Waals surface area contributed by atoms with Gasteiger partial charge in [0.25, 0.3) is 0 Å². The fraction of sp³-hybridized carbons (Fsp3) is 0.125. The van der Waals surface area contributed by atoms with Crippen LogP contribution in [0.2, 0.25) is 0 Å². The Morgan fingerprint density at radius 1 is 1.24 bits per heavy atom. The van der Waals surface area contributed by atoms with Crippen molar-refractivity contribution >= 4 is 29.3 Å². The summed E-state index contributed by atoms with van der Waals surface area (Å²) in [6.07, 6.45) is 3.32. The molecule has 1 aromatic heterocycles. The lowest BCUT2D eigenvalue weighted by Gasteiger charge is -2.15. The molecule has 0 bridgehead atoms. The van der Waals surface area contributed by atoms with Gasteiger partial charge in [-0.25, -0.2) is 4.79 Å². The number of likely N-dealkylation sites (N-methyl/N-ethyl adjacent to an activating group) is 1. The zero-order valence-electron chi connectivity index (χ0n) is 11.5. The van der Waals surface area contributed by atoms with Gasteiger partial charge in [-0.2, -0.15) is 11.3 Å². The molecule has 2 rings (SSSR count). The molecule has 21 heavy (non-hydrogen) atoms. The fourth-order valence-electron chi connectivity index (χ4n) is 1.77. The maximum Gasteiger partial charge on any atom is 0.335 e. The summed E-state index contributed by atoms with van der Waals surface area (Å²) in [5, 5.41) is 12.8. The number of carboxylic acids is 1. The van der Waals surface area contributed by atoms with Crippen LogP contribution in [0.3, 0.4) is 0 Å². The second-order valence-electron chi connectivity index (χ2n) is 4.59. The number of carboxylic acid groups (broad SMARTS) is 1. The third kappa shape index (κ3) is 4.29. The van der Waals surface area contributed by atoms with Crippen LogP contribution in [0.1, 0.15) is 21.5 Å². The highest BCUT2D eigenvalue weighted by Crippen LogP contribution is 2.10. The second kappa shape index (κ2) is 6.85. The van der Waals surface area contributed by atoms with E-state index in [0.29, 0.717) is 6.54 Å². The minimum atomic E-state index is -0.954. The highest BCUT2D eigenvalue weighted by Gasteiger charge is 2.07. The van der Waals surface area contributed by atoms with Crippen LogP contribution in [0.15, 0.2) is 47.2 Å². The number of carbonyl (C=O) groups is 2. The first kappa shape index (κ1) is 15.0. The molecule has 0 radical (unpaired) electrons. The largest absolute Gasteiger partial charge is 0.478 e. The first-order valence-corrected chi connectivity index (χ1v) is 7.28. The van der Waals surface area contributed by atoms with Gasteiger partial charge in [0.1, 0.15) is 0 Å². The predicted octanol–water partition coefficient (Wildman–Crippen LogP) is 3.12. The van der Waals surface area contributed by atoms with Crippen LogP contribution in [-0.4, -0.2) is 28.9 Å². The van der Waals surface area contributed by atoms with E-state index in [1.165, 1.54) is 18.2 Å². The van der Waals surface area contributed by atoms with Crippen molar-refractivity contribution < 1.29 is 14.7 Å². The molecule has 0 aliphatic carbocycles. The summed E-state index contributed by atoms with van der Waals surface area (Å²) >= 11 is 1.58. The van der Waals surface area contributed by atoms with Gasteiger partial charge in [0.2, 0.25) is 5.91 Å². The van der Waals surface area contributed by atoms with Gasteiger partial charge >= 0.3 is 5.97 Å². The Bertz CT molecular complexity index is 645. The molecule has 5 heteroatoms. The van der Waals surface area contributed by atoms with Gasteiger partial charge in [-0.3, -0.25) is 4.79 Å². The highest BCUT2D eigenvalue weighted by atomic mass is 32.1. The minimum Gasteiger partial charge on any atom is -0.478 e. The third-order valence-corrected chi connectivity index (χ3v) is 3.66. The molecule has 4 nitrogen and oxygen atoms in total. The van der Waals surface area contributed by atoms with Crippen molar-refractivity contribution in [2.75, 3.05) is 7.05 Å². The van der Waals surface area contributed by atoms with E-state index in [1.807, 2.05) is 16.8 Å². The van der Waals surface area contributed by atoms with Gasteiger partial charge in [-0.05, 0) is 46.2 Å². The van der Waals surface area contributed by atoms with Crippen LogP contribution in [0.5, 0.6) is 0 Å². The van der Waals surface area contributed by atoms with Crippen LogP contribution in [0.25, 0.3) is 6.08 Å². The Hall–Kier alpha value is -2.40. The normalized spacial score (nSPS) is 10.7. The molecule has 0 saturated heterocycles. The van der Waals surface area contributed by atoms with Crippen molar-refractivity contribution in [1.29, 1.82) is 0 Å². The Kier molecular flexibility index (Phi) is 4.90. The number of hydrogen-bond donors (Lipinski definition) is 1. The zero-order chi connectivity index (χ0) is 15.2. The molecule has 108 valence electrons. The van der Waals surface area contributed by atoms with Crippen LogP contribution in [0, 0.1) is 0 Å². The SMILES string of the molecule is CN(Cc1ccc(C(=O)O)cc1)C(=O)C=Cc1ccsc1. The molecule has 2 aromatic rings. The summed E-state index contributed by atoms with van der Waals surface area (Å²) in [4.78, 5) is 24.3. The predicted molar refractivity (Wildman–Crippen MR) is 83.2 cm³/mol. The maximum atomic E-state index is 12.0. The number of carbonyl (C=O) groups excluding carboxylic acids is 1. The van der Waals surface area contributed by atoms with Crippen molar-refractivity contribution in [3.63, 3.8) is 0 Å². The summed E-state index contributed by atoms with van der Waals surface area (Å²) in [6, 6.07) is 8.46. The molecule has 0 aliphatic rings. The van der Waals surface area contributed by atoms with E-state index in [0.717, 1.165) is 11.1 Å². The van der Waals surface area contributed by atoms with Crippen molar-refractivity contribution in [3.05, 3.63) is 63.9 Å². The molecular weight excluding hydrogens is 286 g/mol. The monoisotopic (exact) mass is 301 g/mol. The molecule has 0 aliphatic heterocycles. The minimum absolute atomic E-state index is 0.0940. The van der Waals surface area contributed by atoms with E-state index >= 15 is 0 Å². The molecule has 1 aromatic carbocycles. The van der Waals surface area contributed by atoms with E-state index in [4.69, 9.17) is 5.11 Å².